The Hall–Kier alpha value is -0.400. The Kier molecular flexibility index (Phi) is 4.75. The Labute approximate surface area is 107 Å². The number of rotatable bonds is 5. The minimum Gasteiger partial charge on any atom is -0.480 e. The first-order chi connectivity index (χ1) is 7.04. The predicted molar refractivity (Wildman–Crippen MR) is 64.0 cm³/mol. The third-order valence-electron chi connectivity index (χ3n) is 1.67. The summed E-state index contributed by atoms with van der Waals surface area (Å²) in [5.41, 5.74) is 0. The molecule has 7 heteroatoms. The number of nitrogens with one attached hydrogen (secondary N) is 1. The summed E-state index contributed by atoms with van der Waals surface area (Å²) >= 11 is 8.06. The van der Waals surface area contributed by atoms with E-state index in [2.05, 4.69) is 37.2 Å². The van der Waals surface area contributed by atoms with Gasteiger partial charge in [0.05, 0.1) is 3.79 Å². The van der Waals surface area contributed by atoms with E-state index in [-0.39, 0.29) is 6.42 Å². The first-order valence-corrected chi connectivity index (χ1v) is 6.31. The van der Waals surface area contributed by atoms with Crippen molar-refractivity contribution in [3.63, 3.8) is 0 Å². The summed E-state index contributed by atoms with van der Waals surface area (Å²) in [7, 11) is 0. The van der Waals surface area contributed by atoms with Crippen molar-refractivity contribution in [2.45, 2.75) is 12.5 Å². The van der Waals surface area contributed by atoms with Gasteiger partial charge in [0.15, 0.2) is 0 Å². The second kappa shape index (κ2) is 5.62. The molecule has 0 aliphatic carbocycles. The molecule has 0 saturated heterocycles. The van der Waals surface area contributed by atoms with Gasteiger partial charge in [0, 0.05) is 15.8 Å². The molecule has 4 nitrogen and oxygen atoms in total. The number of aliphatic carboxylic acids is 1. The zero-order valence-electron chi connectivity index (χ0n) is 7.37. The Morgan fingerprint density at radius 2 is 2.33 bits per heavy atom. The first-order valence-electron chi connectivity index (χ1n) is 3.90. The first kappa shape index (κ1) is 12.7. The van der Waals surface area contributed by atoms with Crippen LogP contribution in [-0.2, 0) is 16.0 Å². The molecule has 1 amide bonds. The van der Waals surface area contributed by atoms with Crippen molar-refractivity contribution in [3.05, 3.63) is 19.2 Å². The van der Waals surface area contributed by atoms with Crippen molar-refractivity contribution in [3.8, 4) is 0 Å². The molecule has 1 atom stereocenters. The van der Waals surface area contributed by atoms with Crippen LogP contribution in [0.25, 0.3) is 0 Å². The van der Waals surface area contributed by atoms with Gasteiger partial charge in [0.1, 0.15) is 6.04 Å². The van der Waals surface area contributed by atoms with Crippen LogP contribution in [0.3, 0.4) is 0 Å². The van der Waals surface area contributed by atoms with Crippen molar-refractivity contribution in [2.24, 2.45) is 0 Å². The molecule has 1 rings (SSSR count). The fourth-order valence-corrected chi connectivity index (χ4v) is 3.22. The largest absolute Gasteiger partial charge is 0.480 e. The molecule has 1 aromatic rings. The van der Waals surface area contributed by atoms with Gasteiger partial charge in [-0.15, -0.1) is 11.3 Å². The van der Waals surface area contributed by atoms with E-state index >= 15 is 0 Å². The van der Waals surface area contributed by atoms with Crippen LogP contribution in [0.1, 0.15) is 4.88 Å². The van der Waals surface area contributed by atoms with Gasteiger partial charge in [0.25, 0.3) is 0 Å². The summed E-state index contributed by atoms with van der Waals surface area (Å²) in [6.45, 7) is 0. The molecule has 0 bridgehead atoms. The van der Waals surface area contributed by atoms with Crippen molar-refractivity contribution in [1.29, 1.82) is 0 Å². The smallest absolute Gasteiger partial charge is 0.326 e. The summed E-state index contributed by atoms with van der Waals surface area (Å²) in [4.78, 5) is 21.8. The topological polar surface area (TPSA) is 66.4 Å². The number of hydrogen-bond donors (Lipinski definition) is 2. The highest BCUT2D eigenvalue weighted by molar-refractivity contribution is 9.13. The number of carboxylic acids is 1. The molecule has 0 fully saturated rings. The van der Waals surface area contributed by atoms with Gasteiger partial charge >= 0.3 is 5.97 Å². The molecule has 0 aromatic carbocycles. The summed E-state index contributed by atoms with van der Waals surface area (Å²) in [6.07, 6.45) is 0.680. The predicted octanol–water partition coefficient (Wildman–Crippen LogP) is 2.01. The molecule has 1 unspecified atom stereocenters. The molecule has 1 aromatic heterocycles. The van der Waals surface area contributed by atoms with Crippen LogP contribution in [0.15, 0.2) is 14.3 Å². The van der Waals surface area contributed by atoms with E-state index in [0.717, 1.165) is 13.1 Å². The van der Waals surface area contributed by atoms with Crippen LogP contribution in [-0.4, -0.2) is 23.5 Å². The van der Waals surface area contributed by atoms with E-state index in [1.165, 1.54) is 11.3 Å². The number of carbonyl (C=O) groups is 2. The monoisotopic (exact) mass is 355 g/mol. The summed E-state index contributed by atoms with van der Waals surface area (Å²) < 4.78 is 1.80. The lowest BCUT2D eigenvalue weighted by molar-refractivity contribution is -0.140. The van der Waals surface area contributed by atoms with Crippen LogP contribution >= 0.6 is 43.2 Å². The van der Waals surface area contributed by atoms with Gasteiger partial charge in [-0.05, 0) is 37.9 Å². The molecule has 0 aliphatic rings. The van der Waals surface area contributed by atoms with Crippen LogP contribution in [0, 0.1) is 0 Å². The minimum absolute atomic E-state index is 0.281. The van der Waals surface area contributed by atoms with E-state index in [4.69, 9.17) is 5.11 Å². The highest BCUT2D eigenvalue weighted by atomic mass is 79.9. The molecule has 0 aliphatic heterocycles. The number of carboxylic acid groups (broad SMARTS) is 1. The van der Waals surface area contributed by atoms with Crippen molar-refractivity contribution in [1.82, 2.24) is 5.32 Å². The van der Waals surface area contributed by atoms with Gasteiger partial charge < -0.3 is 10.4 Å². The summed E-state index contributed by atoms with van der Waals surface area (Å²) in [5.74, 6) is -1.04. The van der Waals surface area contributed by atoms with Crippen LogP contribution in [0.4, 0.5) is 0 Å². The Bertz CT molecular complexity index is 360. The zero-order chi connectivity index (χ0) is 11.4. The fraction of sp³-hybridized carbons (Fsp3) is 0.250. The van der Waals surface area contributed by atoms with E-state index in [1.54, 1.807) is 0 Å². The van der Waals surface area contributed by atoms with Gasteiger partial charge in [-0.3, -0.25) is 4.79 Å². The number of halogens is 2. The number of hydrogen-bond acceptors (Lipinski definition) is 3. The average Bonchev–Trinajstić information content (AvgIpc) is 2.45. The molecule has 82 valence electrons. The third kappa shape index (κ3) is 3.58. The minimum atomic E-state index is -1.04. The number of thiophene rings is 1. The zero-order valence-corrected chi connectivity index (χ0v) is 11.4. The van der Waals surface area contributed by atoms with E-state index in [9.17, 15) is 9.59 Å². The molecular weight excluding hydrogens is 350 g/mol. The molecule has 0 spiro atoms. The van der Waals surface area contributed by atoms with Crippen LogP contribution < -0.4 is 5.32 Å². The maximum Gasteiger partial charge on any atom is 0.326 e. The second-order valence-electron chi connectivity index (χ2n) is 2.71. The SMILES string of the molecule is O=CNC(Cc1cc(Br)c(Br)s1)C(=O)O. The molecular formula is C8H7Br2NO3S. The lowest BCUT2D eigenvalue weighted by Gasteiger charge is -2.08. The Balaban J connectivity index is 2.73. The van der Waals surface area contributed by atoms with Gasteiger partial charge in [-0.25, -0.2) is 4.79 Å². The molecule has 0 radical (unpaired) electrons. The third-order valence-corrected chi connectivity index (χ3v) is 4.95. The Morgan fingerprint density at radius 3 is 2.73 bits per heavy atom. The fourth-order valence-electron chi connectivity index (χ4n) is 0.993. The second-order valence-corrected chi connectivity index (χ2v) is 6.02. The summed E-state index contributed by atoms with van der Waals surface area (Å²) in [5, 5.41) is 11.1. The molecule has 1 heterocycles. The molecule has 15 heavy (non-hydrogen) atoms. The van der Waals surface area contributed by atoms with Crippen LogP contribution in [0.2, 0.25) is 0 Å². The summed E-state index contributed by atoms with van der Waals surface area (Å²) in [6, 6.07) is 0.955. The quantitative estimate of drug-likeness (QED) is 0.793. The number of carbonyl (C=O) groups excluding carboxylic acids is 1. The van der Waals surface area contributed by atoms with E-state index in [1.807, 2.05) is 6.07 Å². The number of amides is 1. The highest BCUT2D eigenvalue weighted by Crippen LogP contribution is 2.32. The van der Waals surface area contributed by atoms with E-state index < -0.39 is 12.0 Å². The van der Waals surface area contributed by atoms with Gasteiger partial charge in [0.2, 0.25) is 6.41 Å². The van der Waals surface area contributed by atoms with Crippen molar-refractivity contribution in [2.75, 3.05) is 0 Å². The highest BCUT2D eigenvalue weighted by Gasteiger charge is 2.18. The lowest BCUT2D eigenvalue weighted by atomic mass is 10.2. The molecule has 0 saturated carbocycles. The standard InChI is InChI=1S/C8H7Br2NO3S/c9-5-1-4(15-7(5)10)2-6(8(13)14)11-3-12/h1,3,6H,2H2,(H,11,12)(H,13,14). The maximum absolute atomic E-state index is 10.7. The van der Waals surface area contributed by atoms with Crippen molar-refractivity contribution < 1.29 is 14.7 Å². The molecule has 2 N–H and O–H groups in total. The normalized spacial score (nSPS) is 12.1. The van der Waals surface area contributed by atoms with Crippen molar-refractivity contribution >= 4 is 55.6 Å². The van der Waals surface area contributed by atoms with Gasteiger partial charge in [-0.1, -0.05) is 0 Å². The van der Waals surface area contributed by atoms with Crippen LogP contribution in [0.5, 0.6) is 0 Å². The average molecular weight is 357 g/mol. The van der Waals surface area contributed by atoms with Gasteiger partial charge in [-0.2, -0.15) is 0 Å². The Morgan fingerprint density at radius 1 is 1.67 bits per heavy atom. The lowest BCUT2D eigenvalue weighted by Crippen LogP contribution is -2.37. The van der Waals surface area contributed by atoms with E-state index in [0.29, 0.717) is 6.41 Å². The maximum atomic E-state index is 10.7.